The Bertz CT molecular complexity index is 1340. The van der Waals surface area contributed by atoms with Crippen molar-refractivity contribution in [1.82, 2.24) is 14.9 Å². The monoisotopic (exact) mass is 464 g/mol. The largest absolute Gasteiger partial charge is 0.465 e. The van der Waals surface area contributed by atoms with Gasteiger partial charge in [0.1, 0.15) is 5.82 Å². The van der Waals surface area contributed by atoms with E-state index in [0.717, 1.165) is 41.2 Å². The summed E-state index contributed by atoms with van der Waals surface area (Å²) in [7, 11) is 0. The fraction of sp³-hybridized carbons (Fsp3) is 0.333. The molecule has 2 aliphatic heterocycles. The summed E-state index contributed by atoms with van der Waals surface area (Å²) in [5.41, 5.74) is 9.81. The minimum Gasteiger partial charge on any atom is -0.465 e. The molecule has 0 saturated carbocycles. The molecule has 3 aromatic rings. The number of aromatic nitrogens is 2. The van der Waals surface area contributed by atoms with E-state index < -0.39 is 18.0 Å². The van der Waals surface area contributed by atoms with Crippen LogP contribution in [0, 0.1) is 12.7 Å². The van der Waals surface area contributed by atoms with Crippen LogP contribution in [0.1, 0.15) is 24.6 Å². The van der Waals surface area contributed by atoms with Crippen molar-refractivity contribution in [2.75, 3.05) is 35.6 Å². The van der Waals surface area contributed by atoms with Crippen molar-refractivity contribution in [3.63, 3.8) is 0 Å². The summed E-state index contributed by atoms with van der Waals surface area (Å²) >= 11 is 0. The SMILES string of the molecule is CC(=O)N1CC(N(C(=O)O)c2cc3cc(-c4cnc5c(c4C)NCCC5)c(F)c(N)c3cn2)C1. The number of carbonyl (C=O) groups excluding carboxylic acids is 1. The van der Waals surface area contributed by atoms with Gasteiger partial charge < -0.3 is 21.1 Å². The van der Waals surface area contributed by atoms with Gasteiger partial charge in [0, 0.05) is 55.5 Å². The zero-order valence-corrected chi connectivity index (χ0v) is 18.9. The molecule has 4 heterocycles. The Kier molecular flexibility index (Phi) is 5.22. The first-order valence-corrected chi connectivity index (χ1v) is 11.1. The quantitative estimate of drug-likeness (QED) is 0.508. The molecule has 176 valence electrons. The van der Waals surface area contributed by atoms with Gasteiger partial charge in [0.25, 0.3) is 0 Å². The molecule has 10 heteroatoms. The van der Waals surface area contributed by atoms with Crippen LogP contribution in [0.4, 0.5) is 26.4 Å². The van der Waals surface area contributed by atoms with Gasteiger partial charge in [0.05, 0.1) is 23.1 Å². The summed E-state index contributed by atoms with van der Waals surface area (Å²) in [6, 6.07) is 2.86. The third-order valence-electron chi connectivity index (χ3n) is 6.71. The Balaban J connectivity index is 1.59. The molecule has 0 radical (unpaired) electrons. The molecule has 1 aromatic carbocycles. The highest BCUT2D eigenvalue weighted by molar-refractivity contribution is 6.00. The van der Waals surface area contributed by atoms with Crippen LogP contribution < -0.4 is 16.0 Å². The number of pyridine rings is 2. The number of fused-ring (bicyclic) bond motifs is 2. The van der Waals surface area contributed by atoms with Gasteiger partial charge in [0.2, 0.25) is 5.91 Å². The summed E-state index contributed by atoms with van der Waals surface area (Å²) in [6.07, 6.45) is 3.76. The number of nitrogen functional groups attached to an aromatic ring is 1. The number of aryl methyl sites for hydroxylation is 1. The van der Waals surface area contributed by atoms with E-state index in [9.17, 15) is 14.7 Å². The van der Waals surface area contributed by atoms with Gasteiger partial charge in [-0.3, -0.25) is 14.7 Å². The number of likely N-dealkylation sites (tertiary alicyclic amines) is 1. The number of carboxylic acid groups (broad SMARTS) is 1. The molecule has 9 nitrogen and oxygen atoms in total. The minimum absolute atomic E-state index is 0.0510. The number of halogens is 1. The molecule has 0 aliphatic carbocycles. The van der Waals surface area contributed by atoms with E-state index in [2.05, 4.69) is 15.3 Å². The lowest BCUT2D eigenvalue weighted by Crippen LogP contribution is -2.62. The Hall–Kier alpha value is -3.95. The van der Waals surface area contributed by atoms with Crippen LogP contribution in [0.3, 0.4) is 0 Å². The number of rotatable bonds is 3. The van der Waals surface area contributed by atoms with E-state index in [-0.39, 0.29) is 17.4 Å². The zero-order chi connectivity index (χ0) is 24.1. The average molecular weight is 465 g/mol. The maximum atomic E-state index is 15.4. The number of anilines is 3. The van der Waals surface area contributed by atoms with Gasteiger partial charge >= 0.3 is 6.09 Å². The smallest absolute Gasteiger partial charge is 0.413 e. The van der Waals surface area contributed by atoms with E-state index in [1.165, 1.54) is 13.1 Å². The number of hydrogen-bond donors (Lipinski definition) is 3. The molecule has 1 fully saturated rings. The fourth-order valence-corrected chi connectivity index (χ4v) is 4.75. The molecular weight excluding hydrogens is 439 g/mol. The van der Waals surface area contributed by atoms with Crippen LogP contribution in [0.15, 0.2) is 24.5 Å². The second-order valence-corrected chi connectivity index (χ2v) is 8.79. The number of benzene rings is 1. The second kappa shape index (κ2) is 8.12. The van der Waals surface area contributed by atoms with E-state index in [0.29, 0.717) is 35.0 Å². The van der Waals surface area contributed by atoms with E-state index >= 15 is 4.39 Å². The first-order valence-electron chi connectivity index (χ1n) is 11.1. The predicted octanol–water partition coefficient (Wildman–Crippen LogP) is 3.40. The highest BCUT2D eigenvalue weighted by Gasteiger charge is 2.37. The Morgan fingerprint density at radius 1 is 1.24 bits per heavy atom. The number of nitrogens with zero attached hydrogens (tertiary/aromatic N) is 4. The van der Waals surface area contributed by atoms with Crippen LogP contribution in [-0.2, 0) is 11.2 Å². The van der Waals surface area contributed by atoms with Crippen molar-refractivity contribution >= 4 is 40.0 Å². The van der Waals surface area contributed by atoms with Crippen molar-refractivity contribution in [3.8, 4) is 11.1 Å². The Labute approximate surface area is 195 Å². The topological polar surface area (TPSA) is 125 Å². The van der Waals surface area contributed by atoms with Crippen molar-refractivity contribution in [2.45, 2.75) is 32.7 Å². The van der Waals surface area contributed by atoms with Crippen molar-refractivity contribution in [1.29, 1.82) is 0 Å². The normalized spacial score (nSPS) is 15.4. The van der Waals surface area contributed by atoms with E-state index in [4.69, 9.17) is 5.73 Å². The van der Waals surface area contributed by atoms with E-state index in [1.54, 1.807) is 23.2 Å². The van der Waals surface area contributed by atoms with Gasteiger partial charge in [-0.2, -0.15) is 0 Å². The number of nitrogens with two attached hydrogens (primary N) is 1. The Morgan fingerprint density at radius 3 is 2.71 bits per heavy atom. The Morgan fingerprint density at radius 2 is 2.00 bits per heavy atom. The summed E-state index contributed by atoms with van der Waals surface area (Å²) in [5, 5.41) is 14.1. The van der Waals surface area contributed by atoms with Crippen molar-refractivity contribution in [3.05, 3.63) is 41.6 Å². The molecular formula is C24H25FN6O3. The van der Waals surface area contributed by atoms with Gasteiger partial charge in [-0.15, -0.1) is 0 Å². The third-order valence-corrected chi connectivity index (χ3v) is 6.71. The molecule has 0 atom stereocenters. The number of nitrogens with one attached hydrogen (secondary N) is 1. The minimum atomic E-state index is -1.17. The van der Waals surface area contributed by atoms with Crippen LogP contribution in [0.25, 0.3) is 21.9 Å². The van der Waals surface area contributed by atoms with Crippen LogP contribution in [0.2, 0.25) is 0 Å². The number of hydrogen-bond acceptors (Lipinski definition) is 6. The highest BCUT2D eigenvalue weighted by atomic mass is 19.1. The lowest BCUT2D eigenvalue weighted by atomic mass is 9.95. The predicted molar refractivity (Wildman–Crippen MR) is 127 cm³/mol. The number of carbonyl (C=O) groups is 2. The first-order chi connectivity index (χ1) is 16.3. The standard InChI is InChI=1S/C24H25FN6O3/c1-12-17(8-28-19-4-3-5-27-23(12)19)16-6-14-7-20(29-9-18(14)22(26)21(16)25)31(24(33)34)15-10-30(11-15)13(2)32/h6-9,15,27H,3-5,10-11,26H2,1-2H3,(H,33,34). The molecule has 2 aromatic heterocycles. The lowest BCUT2D eigenvalue weighted by Gasteiger charge is -2.43. The van der Waals surface area contributed by atoms with Crippen molar-refractivity contribution < 1.29 is 19.1 Å². The molecule has 34 heavy (non-hydrogen) atoms. The maximum Gasteiger partial charge on any atom is 0.413 e. The van der Waals surface area contributed by atoms with Crippen molar-refractivity contribution in [2.24, 2.45) is 0 Å². The molecule has 2 aliphatic rings. The average Bonchev–Trinajstić information content (AvgIpc) is 2.78. The molecule has 0 unspecified atom stereocenters. The third kappa shape index (κ3) is 3.46. The first kappa shape index (κ1) is 21.9. The molecule has 2 amide bonds. The summed E-state index contributed by atoms with van der Waals surface area (Å²) < 4.78 is 15.4. The van der Waals surface area contributed by atoms with Crippen LogP contribution >= 0.6 is 0 Å². The fourth-order valence-electron chi connectivity index (χ4n) is 4.75. The maximum absolute atomic E-state index is 15.4. The van der Waals surface area contributed by atoms with E-state index in [1.807, 2.05) is 6.92 Å². The molecule has 0 spiro atoms. The molecule has 0 bridgehead atoms. The molecule has 5 rings (SSSR count). The lowest BCUT2D eigenvalue weighted by molar-refractivity contribution is -0.133. The van der Waals surface area contributed by atoms with Crippen LogP contribution in [-0.4, -0.2) is 57.7 Å². The van der Waals surface area contributed by atoms with Crippen LogP contribution in [0.5, 0.6) is 0 Å². The highest BCUT2D eigenvalue weighted by Crippen LogP contribution is 2.38. The summed E-state index contributed by atoms with van der Waals surface area (Å²) in [6.45, 7) is 4.80. The summed E-state index contributed by atoms with van der Waals surface area (Å²) in [4.78, 5) is 35.0. The van der Waals surface area contributed by atoms with Gasteiger partial charge in [-0.25, -0.2) is 14.2 Å². The summed E-state index contributed by atoms with van der Waals surface area (Å²) in [5.74, 6) is -0.467. The number of amides is 2. The van der Waals surface area contributed by atoms with Gasteiger partial charge in [-0.1, -0.05) is 0 Å². The molecule has 4 N–H and O–H groups in total. The van der Waals surface area contributed by atoms with Gasteiger partial charge in [-0.05, 0) is 42.8 Å². The second-order valence-electron chi connectivity index (χ2n) is 8.79. The van der Waals surface area contributed by atoms with Gasteiger partial charge in [0.15, 0.2) is 5.82 Å². The zero-order valence-electron chi connectivity index (χ0n) is 18.9. The molecule has 1 saturated heterocycles.